The number of urea groups is 1. The number of carboxylic acid groups (broad SMARTS) is 1. The molecule has 9 heteroatoms. The Kier molecular flexibility index (Phi) is 11.8. The number of fused-ring (bicyclic) bond motifs is 1. The molecule has 0 saturated carbocycles. The monoisotopic (exact) mass is 399 g/mol. The molecule has 2 rings (SSSR count). The first-order chi connectivity index (χ1) is 12.9. The fraction of sp³-hybridized carbons (Fsp3) is 0.833. The van der Waals surface area contributed by atoms with Crippen molar-refractivity contribution in [2.75, 3.05) is 39.5 Å². The number of nitrogens with zero attached hydrogens (tertiary/aromatic N) is 3. The van der Waals surface area contributed by atoms with Gasteiger partial charge in [0.25, 0.3) is 0 Å². The van der Waals surface area contributed by atoms with Gasteiger partial charge in [0.1, 0.15) is 0 Å². The van der Waals surface area contributed by atoms with E-state index < -0.39 is 5.97 Å². The average molecular weight is 400 g/mol. The zero-order valence-electron chi connectivity index (χ0n) is 16.6. The summed E-state index contributed by atoms with van der Waals surface area (Å²) < 4.78 is 0. The number of nitrogens with one attached hydrogen (secondary N) is 2. The lowest BCUT2D eigenvalue weighted by Crippen LogP contribution is -2.36. The first kappa shape index (κ1) is 23.5. The van der Waals surface area contributed by atoms with Crippen molar-refractivity contribution in [1.82, 2.24) is 15.5 Å². The molecular formula is C18H33N5O3S. The highest BCUT2D eigenvalue weighted by molar-refractivity contribution is 8.00. The summed E-state index contributed by atoms with van der Waals surface area (Å²) in [4.78, 5) is 31.5. The number of rotatable bonds is 10. The molecule has 0 bridgehead atoms. The molecule has 0 spiro atoms. The van der Waals surface area contributed by atoms with Gasteiger partial charge in [-0.15, -0.1) is 0 Å². The molecule has 2 aliphatic rings. The van der Waals surface area contributed by atoms with E-state index in [2.05, 4.69) is 45.6 Å². The molecule has 2 aliphatic heterocycles. The Labute approximate surface area is 166 Å². The molecule has 2 amide bonds. The number of aliphatic carboxylic acids is 1. The number of carbonyl (C=O) groups is 2. The van der Waals surface area contributed by atoms with Gasteiger partial charge in [0.2, 0.25) is 0 Å². The fourth-order valence-electron chi connectivity index (χ4n) is 2.90. The van der Waals surface area contributed by atoms with Crippen molar-refractivity contribution in [3.05, 3.63) is 0 Å². The Morgan fingerprint density at radius 2 is 2.07 bits per heavy atom. The number of aliphatic imine (C=N–C) groups is 2. The zero-order valence-corrected chi connectivity index (χ0v) is 17.4. The number of hydrogen-bond acceptors (Lipinski definition) is 6. The van der Waals surface area contributed by atoms with Crippen LogP contribution in [0, 0.1) is 0 Å². The number of carbonyl (C=O) groups excluding carboxylic acids is 1. The molecule has 2 heterocycles. The van der Waals surface area contributed by atoms with Crippen molar-refractivity contribution in [2.45, 2.75) is 56.4 Å². The van der Waals surface area contributed by atoms with Gasteiger partial charge in [-0.2, -0.15) is 11.8 Å². The van der Waals surface area contributed by atoms with Crippen molar-refractivity contribution in [3.63, 3.8) is 0 Å². The van der Waals surface area contributed by atoms with Gasteiger partial charge < -0.3 is 20.6 Å². The fourth-order valence-corrected chi connectivity index (χ4v) is 4.45. The summed E-state index contributed by atoms with van der Waals surface area (Å²) in [6.45, 7) is 4.67. The van der Waals surface area contributed by atoms with E-state index in [9.17, 15) is 9.59 Å². The third-order valence-corrected chi connectivity index (χ3v) is 5.75. The van der Waals surface area contributed by atoms with Crippen LogP contribution in [0.1, 0.15) is 39.0 Å². The van der Waals surface area contributed by atoms with Crippen molar-refractivity contribution >= 4 is 29.8 Å². The minimum atomic E-state index is -0.729. The average Bonchev–Trinajstić information content (AvgIpc) is 3.14. The molecule has 0 aromatic rings. The SMILES string of the molecule is CCN=C=NCCCN(C)C.O=C(O)CCCC[C@@H]1SC[C@@H]2NC(=O)N[C@@H]21. The predicted octanol–water partition coefficient (Wildman–Crippen LogP) is 1.93. The lowest BCUT2D eigenvalue weighted by Gasteiger charge is -2.16. The van der Waals surface area contributed by atoms with E-state index in [0.717, 1.165) is 51.1 Å². The topological polar surface area (TPSA) is 106 Å². The molecule has 27 heavy (non-hydrogen) atoms. The summed E-state index contributed by atoms with van der Waals surface area (Å²) in [5, 5.41) is 14.8. The van der Waals surface area contributed by atoms with E-state index in [1.165, 1.54) is 0 Å². The van der Waals surface area contributed by atoms with Crippen LogP contribution in [0.25, 0.3) is 0 Å². The van der Waals surface area contributed by atoms with E-state index in [1.807, 2.05) is 18.7 Å². The van der Waals surface area contributed by atoms with E-state index in [-0.39, 0.29) is 24.5 Å². The normalized spacial score (nSPS) is 22.8. The predicted molar refractivity (Wildman–Crippen MR) is 110 cm³/mol. The van der Waals surface area contributed by atoms with Gasteiger partial charge in [0, 0.05) is 24.0 Å². The Morgan fingerprint density at radius 1 is 1.30 bits per heavy atom. The number of unbranched alkanes of at least 4 members (excludes halogenated alkanes) is 1. The summed E-state index contributed by atoms with van der Waals surface area (Å²) in [6, 6.07) is 3.08. The molecule has 0 aromatic carbocycles. The molecule has 0 aromatic heterocycles. The Morgan fingerprint density at radius 3 is 2.74 bits per heavy atom. The van der Waals surface area contributed by atoms with Gasteiger partial charge in [-0.1, -0.05) is 6.42 Å². The molecule has 2 saturated heterocycles. The van der Waals surface area contributed by atoms with Crippen molar-refractivity contribution in [1.29, 1.82) is 0 Å². The zero-order chi connectivity index (χ0) is 20.1. The maximum absolute atomic E-state index is 11.1. The first-order valence-corrected chi connectivity index (χ1v) is 10.6. The standard InChI is InChI=1S/C10H16N2O3S.C8H17N3/c13-8(14)4-2-1-3-7-9-6(5-16-7)11-10(15)12-9;1-4-9-8-10-6-5-7-11(2)3/h6-7,9H,1-5H2,(H,13,14)(H2,11,12,15);4-7H2,1-3H3/t6-,7-,9-;/m0./s1. The number of amides is 2. The lowest BCUT2D eigenvalue weighted by atomic mass is 10.0. The summed E-state index contributed by atoms with van der Waals surface area (Å²) in [5.74, 6) is 0.236. The van der Waals surface area contributed by atoms with Crippen LogP contribution in [-0.2, 0) is 4.79 Å². The van der Waals surface area contributed by atoms with Gasteiger partial charge in [-0.3, -0.25) is 4.79 Å². The van der Waals surface area contributed by atoms with Gasteiger partial charge in [-0.05, 0) is 46.8 Å². The van der Waals surface area contributed by atoms with Crippen molar-refractivity contribution in [2.24, 2.45) is 9.98 Å². The summed E-state index contributed by atoms with van der Waals surface area (Å²) in [5.41, 5.74) is 0. The highest BCUT2D eigenvalue weighted by Crippen LogP contribution is 2.33. The van der Waals surface area contributed by atoms with Gasteiger partial charge in [-0.25, -0.2) is 14.8 Å². The van der Waals surface area contributed by atoms with Gasteiger partial charge in [0.05, 0.1) is 24.6 Å². The largest absolute Gasteiger partial charge is 0.481 e. The first-order valence-electron chi connectivity index (χ1n) is 9.57. The summed E-state index contributed by atoms with van der Waals surface area (Å²) >= 11 is 1.87. The summed E-state index contributed by atoms with van der Waals surface area (Å²) in [6.07, 6.45) is 3.96. The van der Waals surface area contributed by atoms with Crippen LogP contribution in [0.4, 0.5) is 4.79 Å². The van der Waals surface area contributed by atoms with E-state index >= 15 is 0 Å². The van der Waals surface area contributed by atoms with Gasteiger partial charge >= 0.3 is 12.0 Å². The number of hydrogen-bond donors (Lipinski definition) is 3. The minimum absolute atomic E-state index is 0.0640. The van der Waals surface area contributed by atoms with Crippen molar-refractivity contribution in [3.8, 4) is 0 Å². The highest BCUT2D eigenvalue weighted by atomic mass is 32.2. The lowest BCUT2D eigenvalue weighted by molar-refractivity contribution is -0.137. The highest BCUT2D eigenvalue weighted by Gasteiger charge is 2.42. The molecule has 3 atom stereocenters. The smallest absolute Gasteiger partial charge is 0.315 e. The molecule has 2 fully saturated rings. The third kappa shape index (κ3) is 10.4. The van der Waals surface area contributed by atoms with E-state index in [0.29, 0.717) is 5.25 Å². The van der Waals surface area contributed by atoms with Crippen LogP contribution in [0.3, 0.4) is 0 Å². The molecule has 3 N–H and O–H groups in total. The molecule has 0 aliphatic carbocycles. The molecule has 154 valence electrons. The molecule has 0 unspecified atom stereocenters. The Hall–Kier alpha value is -1.57. The van der Waals surface area contributed by atoms with Crippen LogP contribution in [0.5, 0.6) is 0 Å². The van der Waals surface area contributed by atoms with Crippen LogP contribution in [0.15, 0.2) is 9.98 Å². The van der Waals surface area contributed by atoms with Crippen LogP contribution >= 0.6 is 11.8 Å². The van der Waals surface area contributed by atoms with Crippen LogP contribution in [0.2, 0.25) is 0 Å². The number of thioether (sulfide) groups is 1. The molecule has 8 nitrogen and oxygen atoms in total. The summed E-state index contributed by atoms with van der Waals surface area (Å²) in [7, 11) is 4.12. The third-order valence-electron chi connectivity index (χ3n) is 4.24. The Bertz CT molecular complexity index is 523. The minimum Gasteiger partial charge on any atom is -0.481 e. The quantitative estimate of drug-likeness (QED) is 0.296. The maximum atomic E-state index is 11.1. The molecule has 0 radical (unpaired) electrons. The maximum Gasteiger partial charge on any atom is 0.315 e. The molecular weight excluding hydrogens is 366 g/mol. The van der Waals surface area contributed by atoms with Gasteiger partial charge in [0.15, 0.2) is 0 Å². The van der Waals surface area contributed by atoms with E-state index in [1.54, 1.807) is 0 Å². The van der Waals surface area contributed by atoms with Crippen molar-refractivity contribution < 1.29 is 14.7 Å². The second-order valence-electron chi connectivity index (χ2n) is 6.87. The van der Waals surface area contributed by atoms with E-state index in [4.69, 9.17) is 5.11 Å². The number of carboxylic acids is 1. The second-order valence-corrected chi connectivity index (χ2v) is 8.15. The second kappa shape index (κ2) is 13.6. The Balaban J connectivity index is 0.000000293. The van der Waals surface area contributed by atoms with Crippen LogP contribution < -0.4 is 10.6 Å². The van der Waals surface area contributed by atoms with Crippen LogP contribution in [-0.4, -0.2) is 84.8 Å².